The molecule has 2 aromatic carbocycles. The van der Waals surface area contributed by atoms with Crippen molar-refractivity contribution in [1.29, 1.82) is 0 Å². The molecule has 0 saturated heterocycles. The average molecular weight is 457 g/mol. The number of alkyl halides is 3. The number of hydrogen-bond donors (Lipinski definition) is 0. The molecule has 0 bridgehead atoms. The minimum absolute atomic E-state index is 0.241. The first-order valence-electron chi connectivity index (χ1n) is 8.62. The monoisotopic (exact) mass is 458 g/mol. The van der Waals surface area contributed by atoms with Crippen molar-refractivity contribution in [3.63, 3.8) is 0 Å². The summed E-state index contributed by atoms with van der Waals surface area (Å²) in [5.74, 6) is 0.0158. The van der Waals surface area contributed by atoms with E-state index in [1.54, 1.807) is 52.0 Å². The van der Waals surface area contributed by atoms with Gasteiger partial charge >= 0.3 is 170 Å². The molecule has 0 radical (unpaired) electrons. The molecule has 0 heterocycles. The number of benzene rings is 2. The Morgan fingerprint density at radius 1 is 0.929 bits per heavy atom. The van der Waals surface area contributed by atoms with E-state index in [4.69, 9.17) is 9.47 Å². The summed E-state index contributed by atoms with van der Waals surface area (Å²) in [5.41, 5.74) is -0.412. The van der Waals surface area contributed by atoms with E-state index >= 15 is 0 Å². The van der Waals surface area contributed by atoms with Crippen LogP contribution in [0.3, 0.4) is 0 Å². The van der Waals surface area contributed by atoms with E-state index in [0.29, 0.717) is 15.7 Å². The van der Waals surface area contributed by atoms with Gasteiger partial charge in [0.15, 0.2) is 0 Å². The number of ether oxygens (including phenoxy) is 2. The third-order valence-corrected chi connectivity index (χ3v) is 4.79. The fourth-order valence-corrected chi connectivity index (χ4v) is 2.91. The number of carbonyl (C=O) groups is 1. The summed E-state index contributed by atoms with van der Waals surface area (Å²) in [4.78, 5) is 12.1. The zero-order chi connectivity index (χ0) is 21.1. The summed E-state index contributed by atoms with van der Waals surface area (Å²) in [6.45, 7) is 6.77. The second-order valence-electron chi connectivity index (χ2n) is 7.00. The quantitative estimate of drug-likeness (QED) is 0.472. The van der Waals surface area contributed by atoms with Crippen LogP contribution >= 0.6 is 0 Å². The van der Waals surface area contributed by atoms with Crippen molar-refractivity contribution in [3.8, 4) is 5.75 Å². The van der Waals surface area contributed by atoms with E-state index in [-0.39, 0.29) is 6.10 Å². The zero-order valence-electron chi connectivity index (χ0n) is 16.0. The van der Waals surface area contributed by atoms with Gasteiger partial charge in [-0.1, -0.05) is 0 Å². The van der Waals surface area contributed by atoms with Crippen LogP contribution < -0.4 is 4.74 Å². The Morgan fingerprint density at radius 3 is 1.82 bits per heavy atom. The predicted molar refractivity (Wildman–Crippen MR) is 103 cm³/mol. The first-order valence-corrected chi connectivity index (χ1v) is 9.48. The van der Waals surface area contributed by atoms with Gasteiger partial charge in [-0.05, 0) is 0 Å². The molecule has 2 aromatic rings. The van der Waals surface area contributed by atoms with Gasteiger partial charge in [0.1, 0.15) is 0 Å². The molecule has 0 atom stereocenters. The van der Waals surface area contributed by atoms with Gasteiger partial charge in [0, 0.05) is 0 Å². The van der Waals surface area contributed by atoms with Crippen LogP contribution in [0.15, 0.2) is 48.5 Å². The van der Waals surface area contributed by atoms with Gasteiger partial charge in [0.25, 0.3) is 0 Å². The van der Waals surface area contributed by atoms with Crippen LogP contribution in [-0.2, 0) is 15.7 Å². The van der Waals surface area contributed by atoms with Crippen LogP contribution in [0.4, 0.5) is 13.2 Å². The van der Waals surface area contributed by atoms with Gasteiger partial charge in [-0.25, -0.2) is 0 Å². The third-order valence-electron chi connectivity index (χ3n) is 3.80. The van der Waals surface area contributed by atoms with Gasteiger partial charge in [-0.2, -0.15) is 0 Å². The Bertz CT molecular complexity index is 839. The molecule has 0 aliphatic heterocycles. The second kappa shape index (κ2) is 8.50. The van der Waals surface area contributed by atoms with E-state index < -0.39 is 23.3 Å². The van der Waals surface area contributed by atoms with E-state index in [1.807, 2.05) is 0 Å². The Balaban J connectivity index is 2.11. The van der Waals surface area contributed by atoms with E-state index in [0.717, 1.165) is 17.7 Å². The maximum atomic E-state index is 12.7. The minimum atomic E-state index is -4.36. The first-order chi connectivity index (χ1) is 12.9. The molecule has 0 unspecified atom stereocenters. The Hall–Kier alpha value is -2.11. The molecule has 0 saturated carbocycles. The van der Waals surface area contributed by atoms with E-state index in [2.05, 4.69) is 15.6 Å². The van der Waals surface area contributed by atoms with Crippen molar-refractivity contribution >= 4 is 26.0 Å². The standard InChI is InChI=1S/C21H21F3O3Se/c1-13(2)26-19(25)20(3,4)27-17-11-7-15(8-12-17)18(28)14-5-9-16(10-6-14)21(22,23)24/h5-13H,1-4H3. The number of carbonyl (C=O) groups excluding carboxylic acids is 1. The zero-order valence-corrected chi connectivity index (χ0v) is 17.7. The molecule has 2 rings (SSSR count). The van der Waals surface area contributed by atoms with Crippen molar-refractivity contribution in [3.05, 3.63) is 65.2 Å². The summed E-state index contributed by atoms with van der Waals surface area (Å²) >= 11 is 2.90. The van der Waals surface area contributed by atoms with Crippen molar-refractivity contribution in [2.75, 3.05) is 0 Å². The van der Waals surface area contributed by atoms with Crippen molar-refractivity contribution < 1.29 is 27.4 Å². The maximum absolute atomic E-state index is 12.7. The third kappa shape index (κ3) is 5.69. The Labute approximate surface area is 170 Å². The first kappa shape index (κ1) is 22.2. The summed E-state index contributed by atoms with van der Waals surface area (Å²) in [7, 11) is 0. The molecule has 0 spiro atoms. The van der Waals surface area contributed by atoms with Crippen LogP contribution in [0, 0.1) is 0 Å². The second-order valence-corrected chi connectivity index (χ2v) is 7.85. The van der Waals surface area contributed by atoms with Crippen LogP contribution in [0.25, 0.3) is 0 Å². The number of esters is 1. The number of rotatable bonds is 6. The van der Waals surface area contributed by atoms with Crippen molar-refractivity contribution in [2.24, 2.45) is 0 Å². The molecule has 0 aromatic heterocycles. The van der Waals surface area contributed by atoms with Crippen LogP contribution in [0.2, 0.25) is 0 Å². The summed E-state index contributed by atoms with van der Waals surface area (Å²) in [6.07, 6.45) is -4.60. The molecular formula is C21H21F3O3Se. The van der Waals surface area contributed by atoms with Gasteiger partial charge < -0.3 is 0 Å². The number of halogens is 3. The average Bonchev–Trinajstić information content (AvgIpc) is 2.60. The van der Waals surface area contributed by atoms with Gasteiger partial charge in [-0.3, -0.25) is 0 Å². The molecule has 0 amide bonds. The molecule has 28 heavy (non-hydrogen) atoms. The number of hydrogen-bond acceptors (Lipinski definition) is 3. The summed E-state index contributed by atoms with van der Waals surface area (Å²) in [5, 5.41) is 0. The molecule has 0 aliphatic carbocycles. The van der Waals surface area contributed by atoms with Crippen molar-refractivity contribution in [1.82, 2.24) is 0 Å². The fourth-order valence-electron chi connectivity index (χ4n) is 2.34. The van der Waals surface area contributed by atoms with E-state index in [9.17, 15) is 18.0 Å². The molecule has 0 fully saturated rings. The van der Waals surface area contributed by atoms with Crippen LogP contribution in [0.5, 0.6) is 5.75 Å². The van der Waals surface area contributed by atoms with Crippen molar-refractivity contribution in [2.45, 2.75) is 45.6 Å². The van der Waals surface area contributed by atoms with Gasteiger partial charge in [0.2, 0.25) is 0 Å². The molecule has 7 heteroatoms. The van der Waals surface area contributed by atoms with Gasteiger partial charge in [0.05, 0.1) is 0 Å². The normalized spacial score (nSPS) is 12.0. The SMILES string of the molecule is CC(C)OC(=O)C(C)(C)Oc1ccc(C(=[Se])c2ccc(C(F)(F)F)cc2)cc1. The topological polar surface area (TPSA) is 35.5 Å². The fraction of sp³-hybridized carbons (Fsp3) is 0.333. The van der Waals surface area contributed by atoms with E-state index in [1.165, 1.54) is 12.1 Å². The summed E-state index contributed by atoms with van der Waals surface area (Å²) < 4.78 is 49.7. The molecule has 0 aliphatic rings. The molecule has 0 N–H and O–H groups in total. The summed E-state index contributed by atoms with van der Waals surface area (Å²) in [6, 6.07) is 11.9. The predicted octanol–water partition coefficient (Wildman–Crippen LogP) is 4.55. The van der Waals surface area contributed by atoms with Crippen LogP contribution in [0.1, 0.15) is 44.4 Å². The molecule has 3 nitrogen and oxygen atoms in total. The molecule has 150 valence electrons. The Kier molecular flexibility index (Phi) is 6.73. The molecular weight excluding hydrogens is 436 g/mol. The van der Waals surface area contributed by atoms with Crippen LogP contribution in [-0.4, -0.2) is 37.7 Å². The van der Waals surface area contributed by atoms with Gasteiger partial charge in [-0.15, -0.1) is 0 Å². The Morgan fingerprint density at radius 2 is 1.39 bits per heavy atom.